The minimum absolute atomic E-state index is 0.106. The van der Waals surface area contributed by atoms with Crippen molar-refractivity contribution in [1.29, 1.82) is 0 Å². The molecule has 2 aromatic carbocycles. The average molecular weight is 329 g/mol. The van der Waals surface area contributed by atoms with Gasteiger partial charge in [0.2, 0.25) is 0 Å². The lowest BCUT2D eigenvalue weighted by molar-refractivity contribution is -0.152. The minimum atomic E-state index is -0.936. The molecule has 0 unspecified atom stereocenters. The molecule has 1 amide bonds. The summed E-state index contributed by atoms with van der Waals surface area (Å²) in [7, 11) is 0. The molecule has 0 aliphatic rings. The van der Waals surface area contributed by atoms with Crippen molar-refractivity contribution in [2.75, 3.05) is 5.32 Å². The van der Waals surface area contributed by atoms with Crippen LogP contribution in [0.25, 0.3) is 0 Å². The van der Waals surface area contributed by atoms with Gasteiger partial charge in [-0.15, -0.1) is 0 Å². The maximum absolute atomic E-state index is 12.8. The zero-order valence-corrected chi connectivity index (χ0v) is 13.9. The van der Waals surface area contributed by atoms with E-state index in [2.05, 4.69) is 5.32 Å². The number of amides is 1. The molecule has 0 radical (unpaired) electrons. The Balaban J connectivity index is 1.89. The number of aryl methyl sites for hydroxylation is 2. The molecule has 0 spiro atoms. The number of hydrogen-bond donors (Lipinski definition) is 1. The summed E-state index contributed by atoms with van der Waals surface area (Å²) in [5, 5.41) is 2.57. The van der Waals surface area contributed by atoms with E-state index in [1.165, 1.54) is 31.2 Å². The zero-order valence-electron chi connectivity index (χ0n) is 13.9. The Morgan fingerprint density at radius 1 is 1.08 bits per heavy atom. The van der Waals surface area contributed by atoms with Gasteiger partial charge in [0.15, 0.2) is 6.10 Å². The number of esters is 1. The van der Waals surface area contributed by atoms with Gasteiger partial charge < -0.3 is 10.1 Å². The molecule has 4 nitrogen and oxygen atoms in total. The summed E-state index contributed by atoms with van der Waals surface area (Å²) in [4.78, 5) is 24.0. The number of benzene rings is 2. The van der Waals surface area contributed by atoms with Crippen LogP contribution in [0.3, 0.4) is 0 Å². The Morgan fingerprint density at radius 3 is 2.38 bits per heavy atom. The van der Waals surface area contributed by atoms with Crippen molar-refractivity contribution in [2.45, 2.75) is 33.3 Å². The van der Waals surface area contributed by atoms with Gasteiger partial charge in [0.05, 0.1) is 6.42 Å². The largest absolute Gasteiger partial charge is 0.452 e. The maximum atomic E-state index is 12.8. The van der Waals surface area contributed by atoms with Gasteiger partial charge in [-0.05, 0) is 61.7 Å². The SMILES string of the molecule is Cc1ccc(CC(=O)O[C@@H](C)C(=O)Nc2ccc(F)cc2)cc1C. The number of anilines is 1. The average Bonchev–Trinajstić information content (AvgIpc) is 2.53. The van der Waals surface area contributed by atoms with Gasteiger partial charge in [0.25, 0.3) is 5.91 Å². The molecule has 2 rings (SSSR count). The van der Waals surface area contributed by atoms with Crippen molar-refractivity contribution in [1.82, 2.24) is 0 Å². The fraction of sp³-hybridized carbons (Fsp3) is 0.263. The molecule has 0 heterocycles. The van der Waals surface area contributed by atoms with Gasteiger partial charge in [-0.3, -0.25) is 9.59 Å². The number of ether oxygens (including phenoxy) is 1. The molecule has 126 valence electrons. The fourth-order valence-corrected chi connectivity index (χ4v) is 2.15. The predicted octanol–water partition coefficient (Wildman–Crippen LogP) is 3.56. The highest BCUT2D eigenvalue weighted by atomic mass is 19.1. The summed E-state index contributed by atoms with van der Waals surface area (Å²) in [5.41, 5.74) is 3.54. The predicted molar refractivity (Wildman–Crippen MR) is 90.2 cm³/mol. The van der Waals surface area contributed by atoms with Crippen LogP contribution in [0.2, 0.25) is 0 Å². The summed E-state index contributed by atoms with van der Waals surface area (Å²) < 4.78 is 18.0. The molecule has 24 heavy (non-hydrogen) atoms. The first-order valence-electron chi connectivity index (χ1n) is 7.67. The molecule has 0 aromatic heterocycles. The van der Waals surface area contributed by atoms with Crippen molar-refractivity contribution in [3.8, 4) is 0 Å². The van der Waals surface area contributed by atoms with E-state index in [1.54, 1.807) is 0 Å². The van der Waals surface area contributed by atoms with E-state index in [-0.39, 0.29) is 12.2 Å². The van der Waals surface area contributed by atoms with E-state index in [9.17, 15) is 14.0 Å². The first-order valence-corrected chi connectivity index (χ1v) is 7.67. The highest BCUT2D eigenvalue weighted by Crippen LogP contribution is 2.12. The van der Waals surface area contributed by atoms with Crippen molar-refractivity contribution < 1.29 is 18.7 Å². The zero-order chi connectivity index (χ0) is 17.7. The Bertz CT molecular complexity index is 741. The van der Waals surface area contributed by atoms with Crippen LogP contribution in [0.1, 0.15) is 23.6 Å². The summed E-state index contributed by atoms with van der Waals surface area (Å²) in [6, 6.07) is 11.1. The number of hydrogen-bond acceptors (Lipinski definition) is 3. The molecule has 2 aromatic rings. The summed E-state index contributed by atoms with van der Waals surface area (Å²) in [6.07, 6.45) is -0.830. The van der Waals surface area contributed by atoms with Gasteiger partial charge in [-0.25, -0.2) is 4.39 Å². The molecule has 1 N–H and O–H groups in total. The molecule has 0 saturated heterocycles. The lowest BCUT2D eigenvalue weighted by atomic mass is 10.0. The van der Waals surface area contributed by atoms with Crippen molar-refractivity contribution in [3.63, 3.8) is 0 Å². The number of halogens is 1. The molecule has 0 aliphatic heterocycles. The molecule has 0 aliphatic carbocycles. The van der Waals surface area contributed by atoms with Crippen molar-refractivity contribution >= 4 is 17.6 Å². The lowest BCUT2D eigenvalue weighted by Crippen LogP contribution is -2.30. The first-order chi connectivity index (χ1) is 11.3. The minimum Gasteiger partial charge on any atom is -0.452 e. The van der Waals surface area contributed by atoms with Crippen LogP contribution in [-0.2, 0) is 20.7 Å². The molecule has 0 bridgehead atoms. The summed E-state index contributed by atoms with van der Waals surface area (Å²) in [6.45, 7) is 5.47. The van der Waals surface area contributed by atoms with Crippen LogP contribution in [0.5, 0.6) is 0 Å². The third kappa shape index (κ3) is 4.91. The Hall–Kier alpha value is -2.69. The van der Waals surface area contributed by atoms with Crippen LogP contribution in [0, 0.1) is 19.7 Å². The van der Waals surface area contributed by atoms with Crippen LogP contribution >= 0.6 is 0 Å². The van der Waals surface area contributed by atoms with Crippen molar-refractivity contribution in [3.05, 3.63) is 65.0 Å². The Labute approximate surface area is 140 Å². The van der Waals surface area contributed by atoms with Crippen molar-refractivity contribution in [2.24, 2.45) is 0 Å². The van der Waals surface area contributed by atoms with E-state index >= 15 is 0 Å². The molecule has 1 atom stereocenters. The van der Waals surface area contributed by atoms with Gasteiger partial charge >= 0.3 is 5.97 Å². The van der Waals surface area contributed by atoms with Gasteiger partial charge in [0, 0.05) is 5.69 Å². The second-order valence-corrected chi connectivity index (χ2v) is 5.72. The third-order valence-corrected chi connectivity index (χ3v) is 3.71. The van der Waals surface area contributed by atoms with E-state index in [0.717, 1.165) is 16.7 Å². The Morgan fingerprint density at radius 2 is 1.75 bits per heavy atom. The second-order valence-electron chi connectivity index (χ2n) is 5.72. The molecule has 0 saturated carbocycles. The highest BCUT2D eigenvalue weighted by Gasteiger charge is 2.18. The van der Waals surface area contributed by atoms with E-state index in [0.29, 0.717) is 5.69 Å². The van der Waals surface area contributed by atoms with Crippen LogP contribution in [0.4, 0.5) is 10.1 Å². The monoisotopic (exact) mass is 329 g/mol. The molecule has 5 heteroatoms. The fourth-order valence-electron chi connectivity index (χ4n) is 2.15. The number of carbonyl (C=O) groups is 2. The third-order valence-electron chi connectivity index (χ3n) is 3.71. The number of nitrogens with one attached hydrogen (secondary N) is 1. The summed E-state index contributed by atoms with van der Waals surface area (Å²) in [5.74, 6) is -1.32. The van der Waals surface area contributed by atoms with E-state index in [4.69, 9.17) is 4.74 Å². The Kier molecular flexibility index (Phi) is 5.68. The number of rotatable bonds is 5. The van der Waals surface area contributed by atoms with Gasteiger partial charge in [0.1, 0.15) is 5.82 Å². The van der Waals surface area contributed by atoms with Crippen LogP contribution in [-0.4, -0.2) is 18.0 Å². The van der Waals surface area contributed by atoms with Gasteiger partial charge in [-0.2, -0.15) is 0 Å². The van der Waals surface area contributed by atoms with E-state index in [1.807, 2.05) is 32.0 Å². The van der Waals surface area contributed by atoms with E-state index < -0.39 is 18.0 Å². The maximum Gasteiger partial charge on any atom is 0.311 e. The quantitative estimate of drug-likeness (QED) is 0.854. The molecule has 0 fully saturated rings. The summed E-state index contributed by atoms with van der Waals surface area (Å²) >= 11 is 0. The first kappa shape index (κ1) is 17.7. The highest BCUT2D eigenvalue weighted by molar-refractivity contribution is 5.95. The molecular weight excluding hydrogens is 309 g/mol. The van der Waals surface area contributed by atoms with Crippen LogP contribution in [0.15, 0.2) is 42.5 Å². The normalized spacial score (nSPS) is 11.7. The number of carbonyl (C=O) groups excluding carboxylic acids is 2. The van der Waals surface area contributed by atoms with Crippen LogP contribution < -0.4 is 5.32 Å². The molecular formula is C19H20FNO3. The lowest BCUT2D eigenvalue weighted by Gasteiger charge is -2.14. The van der Waals surface area contributed by atoms with Gasteiger partial charge in [-0.1, -0.05) is 18.2 Å². The second kappa shape index (κ2) is 7.73. The standard InChI is InChI=1S/C19H20FNO3/c1-12-4-5-15(10-13(12)2)11-18(22)24-14(3)19(23)21-17-8-6-16(20)7-9-17/h4-10,14H,11H2,1-3H3,(H,21,23)/t14-/m0/s1. The smallest absolute Gasteiger partial charge is 0.311 e. The topological polar surface area (TPSA) is 55.4 Å².